The van der Waals surface area contributed by atoms with E-state index in [1.165, 1.54) is 0 Å². The number of nitrogens with one attached hydrogen (secondary N) is 1. The van der Waals surface area contributed by atoms with Gasteiger partial charge in [-0.05, 0) is 33.1 Å². The Morgan fingerprint density at radius 1 is 1.36 bits per heavy atom. The van der Waals surface area contributed by atoms with Gasteiger partial charge in [-0.25, -0.2) is 0 Å². The smallest absolute Gasteiger partial charge is 0.220 e. The zero-order valence-electron chi connectivity index (χ0n) is 10.1. The molecule has 1 unspecified atom stereocenters. The molecular formula is C11H24N2O. The van der Waals surface area contributed by atoms with Crippen LogP contribution in [-0.2, 0) is 4.79 Å². The average Bonchev–Trinajstić information content (AvgIpc) is 1.99. The average molecular weight is 200 g/mol. The number of carbonyl (C=O) groups is 1. The van der Waals surface area contributed by atoms with Crippen LogP contribution in [0.3, 0.4) is 0 Å². The zero-order chi connectivity index (χ0) is 11.4. The summed E-state index contributed by atoms with van der Waals surface area (Å²) >= 11 is 0. The van der Waals surface area contributed by atoms with Gasteiger partial charge in [0, 0.05) is 18.0 Å². The summed E-state index contributed by atoms with van der Waals surface area (Å²) in [7, 11) is 0. The number of amides is 1. The molecule has 0 aliphatic heterocycles. The van der Waals surface area contributed by atoms with Crippen LogP contribution in [0.15, 0.2) is 0 Å². The molecule has 0 fully saturated rings. The first-order valence-electron chi connectivity index (χ1n) is 5.30. The lowest BCUT2D eigenvalue weighted by Crippen LogP contribution is -2.38. The Balaban J connectivity index is 3.77. The molecule has 0 spiro atoms. The molecule has 0 aromatic carbocycles. The molecule has 0 aromatic heterocycles. The Bertz CT molecular complexity index is 182. The Hall–Kier alpha value is -0.570. The van der Waals surface area contributed by atoms with Crippen LogP contribution in [0.5, 0.6) is 0 Å². The topological polar surface area (TPSA) is 55.1 Å². The fourth-order valence-corrected chi connectivity index (χ4v) is 0.928. The third-order valence-corrected chi connectivity index (χ3v) is 2.39. The lowest BCUT2D eigenvalue weighted by atomic mass is 9.99. The van der Waals surface area contributed by atoms with E-state index >= 15 is 0 Å². The first-order chi connectivity index (χ1) is 6.22. The summed E-state index contributed by atoms with van der Waals surface area (Å²) in [5, 5.41) is 2.96. The normalized spacial score (nSPS) is 14.2. The van der Waals surface area contributed by atoms with Crippen LogP contribution in [0.4, 0.5) is 0 Å². The van der Waals surface area contributed by atoms with E-state index in [1.807, 2.05) is 20.8 Å². The number of hydrogen-bond acceptors (Lipinski definition) is 2. The molecule has 0 heterocycles. The highest BCUT2D eigenvalue weighted by Crippen LogP contribution is 2.07. The molecular weight excluding hydrogens is 176 g/mol. The second-order valence-corrected chi connectivity index (χ2v) is 5.09. The number of nitrogens with two attached hydrogens (primary N) is 1. The molecule has 0 aliphatic carbocycles. The van der Waals surface area contributed by atoms with Crippen molar-refractivity contribution in [1.29, 1.82) is 0 Å². The quantitative estimate of drug-likeness (QED) is 0.709. The molecule has 3 nitrogen and oxygen atoms in total. The van der Waals surface area contributed by atoms with Crippen molar-refractivity contribution in [2.24, 2.45) is 11.7 Å². The molecule has 1 amide bonds. The van der Waals surface area contributed by atoms with Crippen LogP contribution >= 0.6 is 0 Å². The molecule has 3 N–H and O–H groups in total. The predicted molar refractivity (Wildman–Crippen MR) is 59.9 cm³/mol. The van der Waals surface area contributed by atoms with Gasteiger partial charge >= 0.3 is 0 Å². The molecule has 0 bridgehead atoms. The van der Waals surface area contributed by atoms with E-state index < -0.39 is 0 Å². The van der Waals surface area contributed by atoms with E-state index in [1.54, 1.807) is 0 Å². The molecule has 14 heavy (non-hydrogen) atoms. The first kappa shape index (κ1) is 13.4. The largest absolute Gasteiger partial charge is 0.353 e. The minimum absolute atomic E-state index is 0.102. The monoisotopic (exact) mass is 200 g/mol. The zero-order valence-corrected chi connectivity index (χ0v) is 10.1. The maximum Gasteiger partial charge on any atom is 0.220 e. The van der Waals surface area contributed by atoms with Crippen LogP contribution in [0.1, 0.15) is 47.5 Å². The van der Waals surface area contributed by atoms with Gasteiger partial charge in [-0.1, -0.05) is 13.8 Å². The lowest BCUT2D eigenvalue weighted by molar-refractivity contribution is -0.122. The van der Waals surface area contributed by atoms with Gasteiger partial charge in [0.05, 0.1) is 0 Å². The van der Waals surface area contributed by atoms with Crippen molar-refractivity contribution < 1.29 is 4.79 Å². The molecule has 0 saturated heterocycles. The minimum atomic E-state index is -0.252. The predicted octanol–water partition coefficient (Wildman–Crippen LogP) is 1.66. The maximum absolute atomic E-state index is 11.4. The minimum Gasteiger partial charge on any atom is -0.353 e. The molecule has 0 radical (unpaired) electrons. The highest BCUT2D eigenvalue weighted by molar-refractivity contribution is 5.76. The summed E-state index contributed by atoms with van der Waals surface area (Å²) in [6.45, 7) is 10.1. The third kappa shape index (κ3) is 6.89. The van der Waals surface area contributed by atoms with E-state index in [0.29, 0.717) is 12.3 Å². The van der Waals surface area contributed by atoms with Crippen LogP contribution in [0.25, 0.3) is 0 Å². The van der Waals surface area contributed by atoms with Gasteiger partial charge in [0.1, 0.15) is 0 Å². The number of carbonyl (C=O) groups excluding carboxylic acids is 1. The van der Waals surface area contributed by atoms with Gasteiger partial charge in [0.25, 0.3) is 0 Å². The van der Waals surface area contributed by atoms with Crippen molar-refractivity contribution >= 4 is 5.91 Å². The fraction of sp³-hybridized carbons (Fsp3) is 0.909. The molecule has 84 valence electrons. The summed E-state index contributed by atoms with van der Waals surface area (Å²) in [6.07, 6.45) is 1.24. The summed E-state index contributed by atoms with van der Waals surface area (Å²) in [5.74, 6) is 0.578. The van der Waals surface area contributed by atoms with Crippen molar-refractivity contribution in [3.8, 4) is 0 Å². The summed E-state index contributed by atoms with van der Waals surface area (Å²) in [6, 6.07) is 0.239. The van der Waals surface area contributed by atoms with Gasteiger partial charge in [0.2, 0.25) is 5.91 Å². The standard InChI is InChI=1S/C11H24N2O/c1-8(2)9(3)13-10(14)6-7-11(4,5)12/h8-9H,6-7,12H2,1-5H3,(H,13,14). The second-order valence-electron chi connectivity index (χ2n) is 5.09. The van der Waals surface area contributed by atoms with Crippen LogP contribution in [0.2, 0.25) is 0 Å². The van der Waals surface area contributed by atoms with Gasteiger partial charge in [-0.2, -0.15) is 0 Å². The van der Waals surface area contributed by atoms with Crippen molar-refractivity contribution in [2.75, 3.05) is 0 Å². The maximum atomic E-state index is 11.4. The number of hydrogen-bond donors (Lipinski definition) is 2. The van der Waals surface area contributed by atoms with E-state index in [4.69, 9.17) is 5.73 Å². The summed E-state index contributed by atoms with van der Waals surface area (Å²) in [5.41, 5.74) is 5.54. The number of rotatable bonds is 5. The highest BCUT2D eigenvalue weighted by atomic mass is 16.1. The van der Waals surface area contributed by atoms with Gasteiger partial charge < -0.3 is 11.1 Å². The van der Waals surface area contributed by atoms with Crippen LogP contribution in [0, 0.1) is 5.92 Å². The van der Waals surface area contributed by atoms with Crippen LogP contribution in [-0.4, -0.2) is 17.5 Å². The molecule has 3 heteroatoms. The van der Waals surface area contributed by atoms with Crippen molar-refractivity contribution in [2.45, 2.75) is 59.0 Å². The Morgan fingerprint density at radius 2 is 1.86 bits per heavy atom. The van der Waals surface area contributed by atoms with Crippen molar-refractivity contribution in [3.05, 3.63) is 0 Å². The van der Waals surface area contributed by atoms with Crippen molar-refractivity contribution in [1.82, 2.24) is 5.32 Å². The van der Waals surface area contributed by atoms with Gasteiger partial charge in [-0.3, -0.25) is 4.79 Å². The van der Waals surface area contributed by atoms with E-state index in [0.717, 1.165) is 6.42 Å². The second kappa shape index (κ2) is 5.35. The highest BCUT2D eigenvalue weighted by Gasteiger charge is 2.15. The molecule has 0 aliphatic rings. The van der Waals surface area contributed by atoms with Crippen molar-refractivity contribution in [3.63, 3.8) is 0 Å². The molecule has 1 atom stereocenters. The van der Waals surface area contributed by atoms with E-state index in [2.05, 4.69) is 19.2 Å². The molecule has 0 rings (SSSR count). The Kier molecular flexibility index (Phi) is 5.13. The van der Waals surface area contributed by atoms with Gasteiger partial charge in [-0.15, -0.1) is 0 Å². The van der Waals surface area contributed by atoms with E-state index in [9.17, 15) is 4.79 Å². The van der Waals surface area contributed by atoms with E-state index in [-0.39, 0.29) is 17.5 Å². The third-order valence-electron chi connectivity index (χ3n) is 2.39. The SMILES string of the molecule is CC(C)C(C)NC(=O)CCC(C)(C)N. The Labute approximate surface area is 87.4 Å². The Morgan fingerprint density at radius 3 is 2.21 bits per heavy atom. The molecule has 0 saturated carbocycles. The lowest BCUT2D eigenvalue weighted by Gasteiger charge is -2.20. The molecule has 0 aromatic rings. The summed E-state index contributed by atoms with van der Waals surface area (Å²) in [4.78, 5) is 11.4. The fourth-order valence-electron chi connectivity index (χ4n) is 0.928. The van der Waals surface area contributed by atoms with Gasteiger partial charge in [0.15, 0.2) is 0 Å². The first-order valence-corrected chi connectivity index (χ1v) is 5.30. The van der Waals surface area contributed by atoms with Crippen LogP contribution < -0.4 is 11.1 Å². The summed E-state index contributed by atoms with van der Waals surface area (Å²) < 4.78 is 0.